The van der Waals surface area contributed by atoms with E-state index in [-0.39, 0.29) is 5.97 Å². The standard InChI is InChI=1S/C44H88O2/c1-4-7-10-13-16-19-22-24-26-29-32-35-38-41-44(45)46-42-43(39-36-33-30-27-21-18-15-12-9-6-3)40-37-34-31-28-25-23-20-17-14-11-8-5-2/h43H,4-42H2,1-3H3. The van der Waals surface area contributed by atoms with Crippen LogP contribution in [-0.4, -0.2) is 12.6 Å². The summed E-state index contributed by atoms with van der Waals surface area (Å²) in [6, 6.07) is 0. The van der Waals surface area contributed by atoms with Crippen molar-refractivity contribution in [3.63, 3.8) is 0 Å². The third-order valence-corrected chi connectivity index (χ3v) is 10.4. The highest BCUT2D eigenvalue weighted by Crippen LogP contribution is 2.21. The molecule has 0 aromatic rings. The molecule has 1 unspecified atom stereocenters. The minimum atomic E-state index is 0.0610. The average Bonchev–Trinajstić information content (AvgIpc) is 3.06. The lowest BCUT2D eigenvalue weighted by Gasteiger charge is -2.17. The fourth-order valence-corrected chi connectivity index (χ4v) is 7.08. The summed E-state index contributed by atoms with van der Waals surface area (Å²) >= 11 is 0. The van der Waals surface area contributed by atoms with Crippen molar-refractivity contribution in [1.29, 1.82) is 0 Å². The number of unbranched alkanes of at least 4 members (excludes halogenated alkanes) is 32. The molecular weight excluding hydrogens is 560 g/mol. The van der Waals surface area contributed by atoms with Crippen molar-refractivity contribution in [2.45, 2.75) is 265 Å². The van der Waals surface area contributed by atoms with Crippen LogP contribution in [0.1, 0.15) is 265 Å². The van der Waals surface area contributed by atoms with E-state index in [4.69, 9.17) is 4.74 Å². The van der Waals surface area contributed by atoms with Gasteiger partial charge < -0.3 is 4.74 Å². The monoisotopic (exact) mass is 649 g/mol. The van der Waals surface area contributed by atoms with E-state index >= 15 is 0 Å². The molecule has 0 spiro atoms. The quantitative estimate of drug-likeness (QED) is 0.0488. The summed E-state index contributed by atoms with van der Waals surface area (Å²) in [6.07, 6.45) is 51.4. The Balaban J connectivity index is 4.00. The SMILES string of the molecule is CCCCCCCCCCCCCCCC(=O)OCC(CCCCCCCCCCCC)CCCCCCCCCCCCCC. The summed E-state index contributed by atoms with van der Waals surface area (Å²) in [6.45, 7) is 7.56. The van der Waals surface area contributed by atoms with E-state index in [0.29, 0.717) is 18.9 Å². The maximum Gasteiger partial charge on any atom is 0.305 e. The molecule has 0 rings (SSSR count). The van der Waals surface area contributed by atoms with Gasteiger partial charge in [0.15, 0.2) is 0 Å². The molecule has 0 saturated carbocycles. The van der Waals surface area contributed by atoms with Crippen LogP contribution in [0.2, 0.25) is 0 Å². The van der Waals surface area contributed by atoms with E-state index in [0.717, 1.165) is 6.42 Å². The van der Waals surface area contributed by atoms with Gasteiger partial charge in [-0.3, -0.25) is 4.79 Å². The van der Waals surface area contributed by atoms with Gasteiger partial charge in [-0.15, -0.1) is 0 Å². The topological polar surface area (TPSA) is 26.3 Å². The van der Waals surface area contributed by atoms with Crippen LogP contribution in [0.25, 0.3) is 0 Å². The average molecular weight is 649 g/mol. The molecule has 2 nitrogen and oxygen atoms in total. The molecule has 0 aliphatic heterocycles. The number of carbonyl (C=O) groups excluding carboxylic acids is 1. The first kappa shape index (κ1) is 45.5. The Labute approximate surface area is 292 Å². The molecule has 0 bridgehead atoms. The Morgan fingerprint density at radius 3 is 0.870 bits per heavy atom. The van der Waals surface area contributed by atoms with Crippen LogP contribution in [-0.2, 0) is 9.53 Å². The van der Waals surface area contributed by atoms with E-state index in [1.54, 1.807) is 0 Å². The van der Waals surface area contributed by atoms with Crippen LogP contribution >= 0.6 is 0 Å². The number of hydrogen-bond donors (Lipinski definition) is 0. The van der Waals surface area contributed by atoms with Crippen molar-refractivity contribution in [3.8, 4) is 0 Å². The highest BCUT2D eigenvalue weighted by atomic mass is 16.5. The molecule has 0 heterocycles. The summed E-state index contributed by atoms with van der Waals surface area (Å²) in [4.78, 5) is 12.5. The third-order valence-electron chi connectivity index (χ3n) is 10.4. The van der Waals surface area contributed by atoms with Crippen molar-refractivity contribution in [2.24, 2.45) is 5.92 Å². The third kappa shape index (κ3) is 37.9. The van der Waals surface area contributed by atoms with Gasteiger partial charge in [0, 0.05) is 6.42 Å². The van der Waals surface area contributed by atoms with Gasteiger partial charge in [0.2, 0.25) is 0 Å². The number of ether oxygens (including phenoxy) is 1. The van der Waals surface area contributed by atoms with Gasteiger partial charge in [0.05, 0.1) is 6.61 Å². The Kier molecular flexibility index (Phi) is 40.2. The van der Waals surface area contributed by atoms with Crippen LogP contribution in [0.4, 0.5) is 0 Å². The molecule has 0 aliphatic carbocycles. The predicted octanol–water partition coefficient (Wildman–Crippen LogP) is 16.0. The molecule has 0 aliphatic rings. The summed E-state index contributed by atoms with van der Waals surface area (Å²) in [5.74, 6) is 0.638. The molecule has 0 fully saturated rings. The van der Waals surface area contributed by atoms with Crippen LogP contribution in [0, 0.1) is 5.92 Å². The van der Waals surface area contributed by atoms with Gasteiger partial charge >= 0.3 is 5.97 Å². The first-order chi connectivity index (χ1) is 22.7. The Morgan fingerprint density at radius 1 is 0.348 bits per heavy atom. The van der Waals surface area contributed by atoms with Crippen molar-refractivity contribution in [1.82, 2.24) is 0 Å². The summed E-state index contributed by atoms with van der Waals surface area (Å²) in [5, 5.41) is 0. The Hall–Kier alpha value is -0.530. The smallest absolute Gasteiger partial charge is 0.305 e. The van der Waals surface area contributed by atoms with E-state index in [9.17, 15) is 4.79 Å². The van der Waals surface area contributed by atoms with Gasteiger partial charge in [-0.2, -0.15) is 0 Å². The van der Waals surface area contributed by atoms with Gasteiger partial charge in [-0.05, 0) is 25.2 Å². The summed E-state index contributed by atoms with van der Waals surface area (Å²) in [7, 11) is 0. The van der Waals surface area contributed by atoms with Gasteiger partial charge in [0.1, 0.15) is 0 Å². The van der Waals surface area contributed by atoms with Crippen LogP contribution in [0.5, 0.6) is 0 Å². The Bertz CT molecular complexity index is 558. The fraction of sp³-hybridized carbons (Fsp3) is 0.977. The lowest BCUT2D eigenvalue weighted by molar-refractivity contribution is -0.145. The van der Waals surface area contributed by atoms with Crippen LogP contribution in [0.3, 0.4) is 0 Å². The molecule has 0 saturated heterocycles. The lowest BCUT2D eigenvalue weighted by atomic mass is 9.94. The zero-order chi connectivity index (χ0) is 33.4. The molecule has 2 heteroatoms. The van der Waals surface area contributed by atoms with Crippen molar-refractivity contribution >= 4 is 5.97 Å². The molecule has 0 aromatic heterocycles. The number of esters is 1. The second-order valence-electron chi connectivity index (χ2n) is 15.2. The van der Waals surface area contributed by atoms with Gasteiger partial charge in [0.25, 0.3) is 0 Å². The van der Waals surface area contributed by atoms with E-state index in [1.165, 1.54) is 231 Å². The van der Waals surface area contributed by atoms with Gasteiger partial charge in [-0.1, -0.05) is 239 Å². The fourth-order valence-electron chi connectivity index (χ4n) is 7.08. The maximum absolute atomic E-state index is 12.5. The van der Waals surface area contributed by atoms with Crippen LogP contribution in [0.15, 0.2) is 0 Å². The minimum Gasteiger partial charge on any atom is -0.465 e. The molecule has 0 aromatic carbocycles. The summed E-state index contributed by atoms with van der Waals surface area (Å²) in [5.41, 5.74) is 0. The second-order valence-corrected chi connectivity index (χ2v) is 15.2. The van der Waals surface area contributed by atoms with E-state index < -0.39 is 0 Å². The zero-order valence-electron chi connectivity index (χ0n) is 32.5. The molecule has 276 valence electrons. The van der Waals surface area contributed by atoms with E-state index in [2.05, 4.69) is 20.8 Å². The molecule has 0 radical (unpaired) electrons. The summed E-state index contributed by atoms with van der Waals surface area (Å²) < 4.78 is 5.87. The highest BCUT2D eigenvalue weighted by Gasteiger charge is 2.12. The van der Waals surface area contributed by atoms with Crippen molar-refractivity contribution in [3.05, 3.63) is 0 Å². The largest absolute Gasteiger partial charge is 0.465 e. The first-order valence-electron chi connectivity index (χ1n) is 21.9. The number of carbonyl (C=O) groups is 1. The predicted molar refractivity (Wildman–Crippen MR) is 207 cm³/mol. The van der Waals surface area contributed by atoms with Crippen molar-refractivity contribution in [2.75, 3.05) is 6.61 Å². The first-order valence-corrected chi connectivity index (χ1v) is 21.9. The molecule has 0 amide bonds. The lowest BCUT2D eigenvalue weighted by Crippen LogP contribution is -2.14. The molecular formula is C44H88O2. The number of hydrogen-bond acceptors (Lipinski definition) is 2. The minimum absolute atomic E-state index is 0.0610. The second kappa shape index (κ2) is 40.6. The molecule has 1 atom stereocenters. The van der Waals surface area contributed by atoms with E-state index in [1.807, 2.05) is 0 Å². The molecule has 0 N–H and O–H groups in total. The molecule has 46 heavy (non-hydrogen) atoms. The highest BCUT2D eigenvalue weighted by molar-refractivity contribution is 5.69. The maximum atomic E-state index is 12.5. The Morgan fingerprint density at radius 2 is 0.587 bits per heavy atom. The van der Waals surface area contributed by atoms with Crippen molar-refractivity contribution < 1.29 is 9.53 Å². The number of rotatable bonds is 40. The zero-order valence-corrected chi connectivity index (χ0v) is 32.5. The van der Waals surface area contributed by atoms with Crippen LogP contribution < -0.4 is 0 Å². The van der Waals surface area contributed by atoms with Gasteiger partial charge in [-0.25, -0.2) is 0 Å². The normalized spacial score (nSPS) is 12.2.